The summed E-state index contributed by atoms with van der Waals surface area (Å²) in [4.78, 5) is 49.2. The molecule has 0 rings (SSSR count). The Labute approximate surface area is 137 Å². The maximum Gasteiger partial charge on any atom is 0.870 e. The number of carbonyl (C=O) groups is 5. The zero-order valence-electron chi connectivity index (χ0n) is 12.5. The van der Waals surface area contributed by atoms with E-state index in [9.17, 15) is 14.4 Å². The summed E-state index contributed by atoms with van der Waals surface area (Å²) in [6.07, 6.45) is 0. The van der Waals surface area contributed by atoms with Gasteiger partial charge in [0.2, 0.25) is 0 Å². The summed E-state index contributed by atoms with van der Waals surface area (Å²) in [6, 6.07) is 0. The normalized spacial score (nSPS) is 7.32. The van der Waals surface area contributed by atoms with Crippen LogP contribution in [-0.2, 0) is 55.0 Å². The third kappa shape index (κ3) is 52.1. The molecule has 12 heteroatoms. The minimum atomic E-state index is -1.59. The van der Waals surface area contributed by atoms with Crippen LogP contribution in [0.2, 0.25) is 0 Å². The zero-order chi connectivity index (χ0) is 17.6. The molecule has 0 aromatic heterocycles. The van der Waals surface area contributed by atoms with Crippen molar-refractivity contribution in [2.75, 3.05) is 0 Å². The van der Waals surface area contributed by atoms with E-state index in [1.54, 1.807) is 0 Å². The average Bonchev–Trinajstić information content (AvgIpc) is 2.10. The Morgan fingerprint density at radius 3 is 0.864 bits per heavy atom. The van der Waals surface area contributed by atoms with E-state index in [2.05, 4.69) is 14.0 Å². The molecule has 0 unspecified atom stereocenters. The molecule has 0 aliphatic carbocycles. The van der Waals surface area contributed by atoms with Crippen LogP contribution in [0.5, 0.6) is 0 Å². The second kappa shape index (κ2) is 17.0. The van der Waals surface area contributed by atoms with Crippen LogP contribution in [0, 0.1) is 0 Å². The second-order valence-electron chi connectivity index (χ2n) is 3.16. The molecule has 0 aliphatic rings. The molecule has 131 valence electrons. The molecule has 0 fully saturated rings. The van der Waals surface area contributed by atoms with E-state index in [0.717, 1.165) is 34.6 Å². The Morgan fingerprint density at radius 2 is 0.773 bits per heavy atom. The SMILES string of the molecule is CC(=O)O.CC(=O)O.CC(=O)OB(OC(C)=O)OC(C)=O.[Cu]. The number of hydrogen-bond donors (Lipinski definition) is 2. The largest absolute Gasteiger partial charge is 0.870 e. The van der Waals surface area contributed by atoms with Gasteiger partial charge >= 0.3 is 7.32 Å². The molecule has 0 bridgehead atoms. The van der Waals surface area contributed by atoms with E-state index < -0.39 is 37.2 Å². The van der Waals surface area contributed by atoms with Crippen LogP contribution in [0.3, 0.4) is 0 Å². The number of carboxylic acids is 2. The molecule has 0 saturated heterocycles. The first kappa shape index (κ1) is 28.1. The van der Waals surface area contributed by atoms with Gasteiger partial charge in [-0.25, -0.2) is 0 Å². The Hall–Kier alpha value is -2.07. The number of aliphatic carboxylic acids is 2. The van der Waals surface area contributed by atoms with Gasteiger partial charge in [-0.15, -0.1) is 0 Å². The number of carboxylic acid groups (broad SMARTS) is 2. The molecule has 10 nitrogen and oxygen atoms in total. The van der Waals surface area contributed by atoms with Gasteiger partial charge < -0.3 is 24.2 Å². The summed E-state index contributed by atoms with van der Waals surface area (Å²) in [5.41, 5.74) is 0. The molecule has 0 amide bonds. The molecular weight excluding hydrogens is 354 g/mol. The Bertz CT molecular complexity index is 326. The van der Waals surface area contributed by atoms with Crippen LogP contribution in [0.1, 0.15) is 34.6 Å². The minimum Gasteiger partial charge on any atom is -0.481 e. The fourth-order valence-corrected chi connectivity index (χ4v) is 0.479. The van der Waals surface area contributed by atoms with Crippen LogP contribution in [0.4, 0.5) is 0 Å². The Kier molecular flexibility index (Phi) is 21.7. The van der Waals surface area contributed by atoms with Crippen molar-refractivity contribution < 1.29 is 65.2 Å². The van der Waals surface area contributed by atoms with Crippen molar-refractivity contribution in [1.82, 2.24) is 0 Å². The van der Waals surface area contributed by atoms with Gasteiger partial charge in [-0.05, 0) is 0 Å². The zero-order valence-corrected chi connectivity index (χ0v) is 13.5. The van der Waals surface area contributed by atoms with Gasteiger partial charge in [0.25, 0.3) is 29.8 Å². The Morgan fingerprint density at radius 1 is 0.636 bits per heavy atom. The van der Waals surface area contributed by atoms with Gasteiger partial charge in [0.05, 0.1) is 0 Å². The first-order valence-corrected chi connectivity index (χ1v) is 5.29. The molecule has 0 atom stereocenters. The standard InChI is InChI=1S/C6H9BO6.2C2H4O2.Cu/c1-4(8)11-7(12-5(2)9)13-6(3)10;2*1-2(3)4;/h1-3H3;2*1H3,(H,3,4);. The summed E-state index contributed by atoms with van der Waals surface area (Å²) in [6.45, 7) is 5.46. The third-order valence-corrected chi connectivity index (χ3v) is 0.787. The van der Waals surface area contributed by atoms with Crippen molar-refractivity contribution >= 4 is 37.2 Å². The summed E-state index contributed by atoms with van der Waals surface area (Å²) in [5.74, 6) is -3.81. The molecular formula is C10H17BCuO10. The van der Waals surface area contributed by atoms with Gasteiger partial charge in [0, 0.05) is 51.7 Å². The van der Waals surface area contributed by atoms with Crippen LogP contribution >= 0.6 is 0 Å². The van der Waals surface area contributed by atoms with E-state index >= 15 is 0 Å². The van der Waals surface area contributed by atoms with Gasteiger partial charge in [-0.1, -0.05) is 0 Å². The molecule has 0 aliphatic heterocycles. The van der Waals surface area contributed by atoms with Crippen LogP contribution < -0.4 is 0 Å². The van der Waals surface area contributed by atoms with E-state index in [0.29, 0.717) is 0 Å². The van der Waals surface area contributed by atoms with E-state index in [1.165, 1.54) is 0 Å². The first-order chi connectivity index (χ1) is 9.38. The van der Waals surface area contributed by atoms with Crippen molar-refractivity contribution in [2.45, 2.75) is 34.6 Å². The predicted octanol–water partition coefficient (Wildman–Crippen LogP) is -0.160. The second-order valence-corrected chi connectivity index (χ2v) is 3.16. The van der Waals surface area contributed by atoms with Gasteiger partial charge in [-0.3, -0.25) is 24.0 Å². The van der Waals surface area contributed by atoms with Crippen LogP contribution in [-0.4, -0.2) is 47.4 Å². The summed E-state index contributed by atoms with van der Waals surface area (Å²) in [7, 11) is -1.59. The van der Waals surface area contributed by atoms with E-state index in [-0.39, 0.29) is 17.1 Å². The van der Waals surface area contributed by atoms with Crippen molar-refractivity contribution in [3.8, 4) is 0 Å². The molecule has 0 spiro atoms. The predicted molar refractivity (Wildman–Crippen MR) is 67.7 cm³/mol. The van der Waals surface area contributed by atoms with Crippen LogP contribution in [0.15, 0.2) is 0 Å². The smallest absolute Gasteiger partial charge is 0.481 e. The van der Waals surface area contributed by atoms with Crippen molar-refractivity contribution in [2.24, 2.45) is 0 Å². The summed E-state index contributed by atoms with van der Waals surface area (Å²) < 4.78 is 13.0. The first-order valence-electron chi connectivity index (χ1n) is 5.29. The van der Waals surface area contributed by atoms with Gasteiger partial charge in [0.1, 0.15) is 0 Å². The third-order valence-electron chi connectivity index (χ3n) is 0.787. The molecule has 0 heterocycles. The maximum absolute atomic E-state index is 10.4. The van der Waals surface area contributed by atoms with Crippen molar-refractivity contribution in [3.05, 3.63) is 0 Å². The fourth-order valence-electron chi connectivity index (χ4n) is 0.479. The number of hydrogen-bond acceptors (Lipinski definition) is 8. The van der Waals surface area contributed by atoms with Gasteiger partial charge in [0.15, 0.2) is 0 Å². The molecule has 1 radical (unpaired) electrons. The number of carbonyl (C=O) groups excluding carboxylic acids is 3. The maximum atomic E-state index is 10.4. The van der Waals surface area contributed by atoms with E-state index in [4.69, 9.17) is 19.8 Å². The monoisotopic (exact) mass is 371 g/mol. The van der Waals surface area contributed by atoms with Crippen molar-refractivity contribution in [1.29, 1.82) is 0 Å². The molecule has 2 N–H and O–H groups in total. The minimum absolute atomic E-state index is 0. The molecule has 22 heavy (non-hydrogen) atoms. The molecule has 0 aromatic rings. The summed E-state index contributed by atoms with van der Waals surface area (Å²) >= 11 is 0. The van der Waals surface area contributed by atoms with Crippen LogP contribution in [0.25, 0.3) is 0 Å². The molecule has 0 saturated carbocycles. The quantitative estimate of drug-likeness (QED) is 0.639. The Balaban J connectivity index is -0.000000150. The van der Waals surface area contributed by atoms with Gasteiger partial charge in [-0.2, -0.15) is 0 Å². The summed E-state index contributed by atoms with van der Waals surface area (Å²) in [5, 5.41) is 14.8. The average molecular weight is 372 g/mol. The fraction of sp³-hybridized carbons (Fsp3) is 0.500. The number of rotatable bonds is 3. The topological polar surface area (TPSA) is 153 Å². The van der Waals surface area contributed by atoms with E-state index in [1.807, 2.05) is 0 Å². The molecule has 0 aromatic carbocycles. The van der Waals surface area contributed by atoms with Crippen molar-refractivity contribution in [3.63, 3.8) is 0 Å².